The van der Waals surface area contributed by atoms with Gasteiger partial charge in [-0.1, -0.05) is 40.2 Å². The van der Waals surface area contributed by atoms with Crippen molar-refractivity contribution in [3.63, 3.8) is 0 Å². The van der Waals surface area contributed by atoms with Crippen LogP contribution in [0.15, 0.2) is 57.9 Å². The molecule has 1 fully saturated rings. The normalized spacial score (nSPS) is 15.7. The average molecular weight is 438 g/mol. The molecule has 3 rings (SSSR count). The average Bonchev–Trinajstić information content (AvgIpc) is 2.65. The molecule has 2 aromatic rings. The maximum Gasteiger partial charge on any atom is 0.321 e. The number of rotatable bonds is 3. The van der Waals surface area contributed by atoms with Gasteiger partial charge < -0.3 is 10.2 Å². The third-order valence-electron chi connectivity index (χ3n) is 4.33. The standard InChI is InChI=1S/C18H20BrN3O3S/c1-14-7-8-15(13-17(14)19)20-18(23)21-9-11-22(12-10-21)26(24,25)16-5-3-2-4-6-16/h2-8,13H,9-12H2,1H3,(H,20,23). The highest BCUT2D eigenvalue weighted by atomic mass is 79.9. The number of aryl methyl sites for hydroxylation is 1. The van der Waals surface area contributed by atoms with Crippen molar-refractivity contribution < 1.29 is 13.2 Å². The summed E-state index contributed by atoms with van der Waals surface area (Å²) in [6.07, 6.45) is 0. The minimum absolute atomic E-state index is 0.225. The molecule has 2 aromatic carbocycles. The number of carbonyl (C=O) groups excluding carboxylic acids is 1. The summed E-state index contributed by atoms with van der Waals surface area (Å²) in [5.41, 5.74) is 1.79. The van der Waals surface area contributed by atoms with E-state index in [1.807, 2.05) is 25.1 Å². The smallest absolute Gasteiger partial charge is 0.321 e. The molecule has 0 bridgehead atoms. The van der Waals surface area contributed by atoms with Crippen LogP contribution in [0, 0.1) is 6.92 Å². The fourth-order valence-corrected chi connectivity index (χ4v) is 4.57. The number of anilines is 1. The van der Waals surface area contributed by atoms with Gasteiger partial charge in [-0.15, -0.1) is 0 Å². The topological polar surface area (TPSA) is 69.7 Å². The number of urea groups is 1. The Labute approximate surface area is 162 Å². The zero-order valence-electron chi connectivity index (χ0n) is 14.4. The molecule has 2 amide bonds. The van der Waals surface area contributed by atoms with Crippen molar-refractivity contribution in [2.24, 2.45) is 0 Å². The molecular formula is C18H20BrN3O3S. The Morgan fingerprint density at radius 2 is 1.69 bits per heavy atom. The van der Waals surface area contributed by atoms with Crippen LogP contribution in [-0.2, 0) is 10.0 Å². The monoisotopic (exact) mass is 437 g/mol. The maximum atomic E-state index is 12.6. The van der Waals surface area contributed by atoms with E-state index in [0.29, 0.717) is 18.8 Å². The number of nitrogens with zero attached hydrogens (tertiary/aromatic N) is 2. The minimum Gasteiger partial charge on any atom is -0.322 e. The summed E-state index contributed by atoms with van der Waals surface area (Å²) in [6.45, 7) is 3.24. The van der Waals surface area contributed by atoms with Gasteiger partial charge in [-0.3, -0.25) is 0 Å². The number of piperazine rings is 1. The Bertz CT molecular complexity index is 895. The number of halogens is 1. The third-order valence-corrected chi connectivity index (χ3v) is 7.10. The summed E-state index contributed by atoms with van der Waals surface area (Å²) < 4.78 is 27.6. The quantitative estimate of drug-likeness (QED) is 0.800. The van der Waals surface area contributed by atoms with E-state index in [2.05, 4.69) is 21.2 Å². The summed E-state index contributed by atoms with van der Waals surface area (Å²) in [4.78, 5) is 14.3. The van der Waals surface area contributed by atoms with Crippen LogP contribution in [0.5, 0.6) is 0 Å². The molecule has 0 aromatic heterocycles. The van der Waals surface area contributed by atoms with Crippen molar-refractivity contribution in [3.05, 3.63) is 58.6 Å². The van der Waals surface area contributed by atoms with Gasteiger partial charge in [0.25, 0.3) is 0 Å². The Balaban J connectivity index is 1.61. The van der Waals surface area contributed by atoms with Crippen molar-refractivity contribution in [1.29, 1.82) is 0 Å². The van der Waals surface area contributed by atoms with E-state index in [9.17, 15) is 13.2 Å². The van der Waals surface area contributed by atoms with Crippen molar-refractivity contribution in [1.82, 2.24) is 9.21 Å². The van der Waals surface area contributed by atoms with E-state index in [1.54, 1.807) is 35.2 Å². The van der Waals surface area contributed by atoms with Crippen LogP contribution in [0.3, 0.4) is 0 Å². The fourth-order valence-electron chi connectivity index (χ4n) is 2.75. The van der Waals surface area contributed by atoms with Crippen LogP contribution >= 0.6 is 15.9 Å². The van der Waals surface area contributed by atoms with Gasteiger partial charge in [-0.25, -0.2) is 13.2 Å². The van der Waals surface area contributed by atoms with Gasteiger partial charge >= 0.3 is 6.03 Å². The van der Waals surface area contributed by atoms with E-state index >= 15 is 0 Å². The first-order chi connectivity index (χ1) is 12.4. The summed E-state index contributed by atoms with van der Waals surface area (Å²) in [5, 5.41) is 2.85. The summed E-state index contributed by atoms with van der Waals surface area (Å²) in [7, 11) is -3.51. The largest absolute Gasteiger partial charge is 0.322 e. The van der Waals surface area contributed by atoms with Crippen LogP contribution < -0.4 is 5.32 Å². The Morgan fingerprint density at radius 3 is 2.31 bits per heavy atom. The van der Waals surface area contributed by atoms with E-state index in [1.165, 1.54) is 4.31 Å². The van der Waals surface area contributed by atoms with Gasteiger partial charge in [0.05, 0.1) is 4.90 Å². The molecule has 1 heterocycles. The molecule has 1 N–H and O–H groups in total. The van der Waals surface area contributed by atoms with Crippen LogP contribution in [0.1, 0.15) is 5.56 Å². The van der Waals surface area contributed by atoms with E-state index in [0.717, 1.165) is 10.0 Å². The lowest BCUT2D eigenvalue weighted by molar-refractivity contribution is 0.184. The van der Waals surface area contributed by atoms with Gasteiger partial charge in [-0.2, -0.15) is 4.31 Å². The van der Waals surface area contributed by atoms with Gasteiger partial charge in [0.1, 0.15) is 0 Å². The molecule has 1 aliphatic heterocycles. The van der Waals surface area contributed by atoms with E-state index < -0.39 is 10.0 Å². The summed E-state index contributed by atoms with van der Waals surface area (Å²) in [6, 6.07) is 13.8. The number of nitrogens with one attached hydrogen (secondary N) is 1. The fraction of sp³-hybridized carbons (Fsp3) is 0.278. The van der Waals surface area contributed by atoms with Crippen molar-refractivity contribution >= 4 is 37.7 Å². The second-order valence-corrected chi connectivity index (χ2v) is 8.89. The molecular weight excluding hydrogens is 418 g/mol. The zero-order chi connectivity index (χ0) is 18.7. The van der Waals surface area contributed by atoms with Crippen LogP contribution in [-0.4, -0.2) is 49.8 Å². The molecule has 0 atom stereocenters. The molecule has 0 unspecified atom stereocenters. The Hall–Kier alpha value is -1.90. The van der Waals surface area contributed by atoms with E-state index in [4.69, 9.17) is 0 Å². The molecule has 1 saturated heterocycles. The lowest BCUT2D eigenvalue weighted by Gasteiger charge is -2.34. The van der Waals surface area contributed by atoms with Gasteiger partial charge in [0, 0.05) is 36.3 Å². The van der Waals surface area contributed by atoms with Crippen LogP contribution in [0.2, 0.25) is 0 Å². The molecule has 1 aliphatic rings. The summed E-state index contributed by atoms with van der Waals surface area (Å²) >= 11 is 3.45. The van der Waals surface area contributed by atoms with E-state index in [-0.39, 0.29) is 24.0 Å². The highest BCUT2D eigenvalue weighted by Crippen LogP contribution is 2.21. The number of carbonyl (C=O) groups is 1. The molecule has 8 heteroatoms. The van der Waals surface area contributed by atoms with Gasteiger partial charge in [0.15, 0.2) is 0 Å². The second kappa shape index (κ2) is 7.77. The van der Waals surface area contributed by atoms with Crippen LogP contribution in [0.25, 0.3) is 0 Å². The molecule has 0 aliphatic carbocycles. The molecule has 0 spiro atoms. The molecule has 6 nitrogen and oxygen atoms in total. The maximum absolute atomic E-state index is 12.6. The zero-order valence-corrected chi connectivity index (χ0v) is 16.8. The summed E-state index contributed by atoms with van der Waals surface area (Å²) in [5.74, 6) is 0. The predicted octanol–water partition coefficient (Wildman–Crippen LogP) is 3.30. The van der Waals surface area contributed by atoms with Crippen molar-refractivity contribution in [2.45, 2.75) is 11.8 Å². The first kappa shape index (κ1) is 18.9. The van der Waals surface area contributed by atoms with Gasteiger partial charge in [0.2, 0.25) is 10.0 Å². The van der Waals surface area contributed by atoms with Crippen molar-refractivity contribution in [2.75, 3.05) is 31.5 Å². The molecule has 0 saturated carbocycles. The lowest BCUT2D eigenvalue weighted by Crippen LogP contribution is -2.51. The third kappa shape index (κ3) is 4.08. The Morgan fingerprint density at radius 1 is 1.04 bits per heavy atom. The first-order valence-electron chi connectivity index (χ1n) is 8.25. The Kier molecular flexibility index (Phi) is 5.64. The number of hydrogen-bond donors (Lipinski definition) is 1. The lowest BCUT2D eigenvalue weighted by atomic mass is 10.2. The number of sulfonamides is 1. The number of hydrogen-bond acceptors (Lipinski definition) is 3. The molecule has 0 radical (unpaired) electrons. The SMILES string of the molecule is Cc1ccc(NC(=O)N2CCN(S(=O)(=O)c3ccccc3)CC2)cc1Br. The predicted molar refractivity (Wildman–Crippen MR) is 105 cm³/mol. The second-order valence-electron chi connectivity index (χ2n) is 6.10. The first-order valence-corrected chi connectivity index (χ1v) is 10.5. The molecule has 138 valence electrons. The number of benzene rings is 2. The molecule has 26 heavy (non-hydrogen) atoms. The number of amides is 2. The minimum atomic E-state index is -3.51. The highest BCUT2D eigenvalue weighted by molar-refractivity contribution is 9.10. The highest BCUT2D eigenvalue weighted by Gasteiger charge is 2.30. The van der Waals surface area contributed by atoms with Crippen molar-refractivity contribution in [3.8, 4) is 0 Å². The van der Waals surface area contributed by atoms with Crippen LogP contribution in [0.4, 0.5) is 10.5 Å². The van der Waals surface area contributed by atoms with Gasteiger partial charge in [-0.05, 0) is 36.8 Å².